The van der Waals surface area contributed by atoms with E-state index < -0.39 is 0 Å². The summed E-state index contributed by atoms with van der Waals surface area (Å²) in [4.78, 5) is 4.68. The van der Waals surface area contributed by atoms with Crippen molar-refractivity contribution in [3.05, 3.63) is 47.3 Å². The summed E-state index contributed by atoms with van der Waals surface area (Å²) in [6.07, 6.45) is 6.37. The van der Waals surface area contributed by atoms with Crippen LogP contribution in [0.2, 0.25) is 0 Å². The molecule has 162 valence electrons. The van der Waals surface area contributed by atoms with Crippen LogP contribution in [0.4, 0.5) is 5.13 Å². The van der Waals surface area contributed by atoms with Gasteiger partial charge in [0.1, 0.15) is 5.82 Å². The predicted molar refractivity (Wildman–Crippen MR) is 125 cm³/mol. The summed E-state index contributed by atoms with van der Waals surface area (Å²) in [7, 11) is 2.17. The largest absolute Gasteiger partial charge is 0.344 e. The Bertz CT molecular complexity index is 1080. The molecule has 3 heterocycles. The Hall–Kier alpha value is -2.58. The van der Waals surface area contributed by atoms with Crippen molar-refractivity contribution in [2.45, 2.75) is 39.2 Å². The monoisotopic (exact) mass is 435 g/mol. The summed E-state index contributed by atoms with van der Waals surface area (Å²) in [5, 5.41) is 20.0. The second-order valence-electron chi connectivity index (χ2n) is 8.39. The van der Waals surface area contributed by atoms with Gasteiger partial charge in [0, 0.05) is 39.1 Å². The number of anilines is 1. The number of piperazine rings is 1. The van der Waals surface area contributed by atoms with E-state index in [0.29, 0.717) is 0 Å². The maximum Gasteiger partial charge on any atom is 0.208 e. The van der Waals surface area contributed by atoms with Gasteiger partial charge in [0.2, 0.25) is 5.13 Å². The summed E-state index contributed by atoms with van der Waals surface area (Å²) >= 11 is 1.63. The minimum Gasteiger partial charge on any atom is -0.344 e. The van der Waals surface area contributed by atoms with Gasteiger partial charge in [-0.2, -0.15) is 0 Å². The fraction of sp³-hybridized carbons (Fsp3) is 0.478. The third kappa shape index (κ3) is 4.14. The molecule has 1 fully saturated rings. The number of unbranched alkanes of at least 4 members (excludes halogenated alkanes) is 1. The zero-order valence-electron chi connectivity index (χ0n) is 18.3. The number of nitrogens with zero attached hydrogens (tertiary/aromatic N) is 7. The smallest absolute Gasteiger partial charge is 0.208 e. The van der Waals surface area contributed by atoms with Crippen LogP contribution in [0.15, 0.2) is 30.3 Å². The van der Waals surface area contributed by atoms with Crippen LogP contribution in [0.25, 0.3) is 16.4 Å². The molecular formula is C23H29N7S. The average Bonchev–Trinajstić information content (AvgIpc) is 3.52. The highest BCUT2D eigenvalue weighted by Gasteiger charge is 2.23. The summed E-state index contributed by atoms with van der Waals surface area (Å²) in [5.74, 6) is 1.87. The molecule has 0 unspecified atom stereocenters. The van der Waals surface area contributed by atoms with E-state index in [0.717, 1.165) is 80.2 Å². The molecule has 0 atom stereocenters. The number of allylic oxidation sites excluding steroid dienone is 2. The lowest BCUT2D eigenvalue weighted by Crippen LogP contribution is -2.44. The number of aromatic nitrogens is 5. The Labute approximate surface area is 187 Å². The summed E-state index contributed by atoms with van der Waals surface area (Å²) in [5.41, 5.74) is 4.10. The molecular weight excluding hydrogens is 406 g/mol. The van der Waals surface area contributed by atoms with Crippen LogP contribution >= 0.6 is 11.3 Å². The van der Waals surface area contributed by atoms with Crippen LogP contribution < -0.4 is 4.90 Å². The maximum absolute atomic E-state index is 4.60. The van der Waals surface area contributed by atoms with Crippen LogP contribution in [-0.2, 0) is 19.4 Å². The second kappa shape index (κ2) is 8.88. The third-order valence-electron chi connectivity index (χ3n) is 6.22. The molecule has 7 nitrogen and oxygen atoms in total. The Kier molecular flexibility index (Phi) is 5.82. The standard InChI is InChI=1S/C23H29N7S/c1-3-4-11-30-20(16-18-10-9-17-7-5-6-8-19(17)18)24-25-21(30)22-26-27-23(31-22)29-14-12-28(2)13-15-29/h5-8,10H,3-4,9,11-16H2,1-2H3. The van der Waals surface area contributed by atoms with Crippen molar-refractivity contribution in [3.8, 4) is 10.8 Å². The van der Waals surface area contributed by atoms with Crippen molar-refractivity contribution in [2.24, 2.45) is 0 Å². The number of fused-ring (bicyclic) bond motifs is 1. The van der Waals surface area contributed by atoms with Gasteiger partial charge in [-0.3, -0.25) is 0 Å². The van der Waals surface area contributed by atoms with E-state index in [1.165, 1.54) is 16.7 Å². The molecule has 31 heavy (non-hydrogen) atoms. The molecule has 8 heteroatoms. The number of hydrogen-bond acceptors (Lipinski definition) is 7. The molecule has 0 amide bonds. The van der Waals surface area contributed by atoms with Crippen molar-refractivity contribution >= 4 is 22.0 Å². The van der Waals surface area contributed by atoms with Gasteiger partial charge >= 0.3 is 0 Å². The van der Waals surface area contributed by atoms with E-state index in [2.05, 4.69) is 79.1 Å². The molecule has 0 N–H and O–H groups in total. The summed E-state index contributed by atoms with van der Waals surface area (Å²) in [6.45, 7) is 7.23. The van der Waals surface area contributed by atoms with Gasteiger partial charge in [-0.15, -0.1) is 20.4 Å². The first kappa shape index (κ1) is 20.3. The minimum atomic E-state index is 0.803. The van der Waals surface area contributed by atoms with E-state index in [9.17, 15) is 0 Å². The molecule has 0 radical (unpaired) electrons. The Morgan fingerprint density at radius 3 is 2.68 bits per heavy atom. The maximum atomic E-state index is 4.60. The predicted octanol–water partition coefficient (Wildman–Crippen LogP) is 3.53. The molecule has 1 saturated heterocycles. The molecule has 0 bridgehead atoms. The lowest BCUT2D eigenvalue weighted by atomic mass is 10.0. The van der Waals surface area contributed by atoms with Crippen molar-refractivity contribution in [2.75, 3.05) is 38.1 Å². The van der Waals surface area contributed by atoms with Crippen molar-refractivity contribution < 1.29 is 0 Å². The first-order valence-electron chi connectivity index (χ1n) is 11.2. The van der Waals surface area contributed by atoms with Crippen molar-refractivity contribution in [1.82, 2.24) is 29.9 Å². The molecule has 3 aromatic rings. The molecule has 5 rings (SSSR count). The van der Waals surface area contributed by atoms with Crippen molar-refractivity contribution in [1.29, 1.82) is 0 Å². The fourth-order valence-corrected chi connectivity index (χ4v) is 5.19. The van der Waals surface area contributed by atoms with E-state index in [1.807, 2.05) is 0 Å². The van der Waals surface area contributed by atoms with Gasteiger partial charge in [0.05, 0.1) is 0 Å². The molecule has 0 spiro atoms. The zero-order valence-corrected chi connectivity index (χ0v) is 19.1. The average molecular weight is 436 g/mol. The van der Waals surface area contributed by atoms with E-state index in [4.69, 9.17) is 0 Å². The third-order valence-corrected chi connectivity index (χ3v) is 7.20. The number of rotatable bonds is 7. The summed E-state index contributed by atoms with van der Waals surface area (Å²) in [6, 6.07) is 8.67. The quantitative estimate of drug-likeness (QED) is 0.566. The van der Waals surface area contributed by atoms with Gasteiger partial charge in [-0.25, -0.2) is 0 Å². The molecule has 1 aromatic carbocycles. The first-order chi connectivity index (χ1) is 15.2. The van der Waals surface area contributed by atoms with E-state index in [-0.39, 0.29) is 0 Å². The first-order valence-corrected chi connectivity index (χ1v) is 12.0. The van der Waals surface area contributed by atoms with Crippen molar-refractivity contribution in [3.63, 3.8) is 0 Å². The second-order valence-corrected chi connectivity index (χ2v) is 9.35. The van der Waals surface area contributed by atoms with Crippen LogP contribution in [0, 0.1) is 0 Å². The topological polar surface area (TPSA) is 63.0 Å². The lowest BCUT2D eigenvalue weighted by Gasteiger charge is -2.31. The molecule has 1 aliphatic carbocycles. The number of likely N-dealkylation sites (N-methyl/N-ethyl adjacent to an activating group) is 1. The van der Waals surface area contributed by atoms with Crippen LogP contribution in [0.5, 0.6) is 0 Å². The van der Waals surface area contributed by atoms with Gasteiger partial charge in [-0.05, 0) is 36.6 Å². The van der Waals surface area contributed by atoms with Gasteiger partial charge in [0.25, 0.3) is 0 Å². The zero-order chi connectivity index (χ0) is 21.2. The fourth-order valence-electron chi connectivity index (χ4n) is 4.30. The molecule has 0 saturated carbocycles. The minimum absolute atomic E-state index is 0.803. The molecule has 2 aliphatic rings. The Balaban J connectivity index is 1.40. The lowest BCUT2D eigenvalue weighted by molar-refractivity contribution is 0.312. The van der Waals surface area contributed by atoms with E-state index >= 15 is 0 Å². The van der Waals surface area contributed by atoms with Crippen LogP contribution in [0.1, 0.15) is 36.7 Å². The van der Waals surface area contributed by atoms with Crippen LogP contribution in [0.3, 0.4) is 0 Å². The van der Waals surface area contributed by atoms with E-state index in [1.54, 1.807) is 11.3 Å². The van der Waals surface area contributed by atoms with Gasteiger partial charge < -0.3 is 14.4 Å². The van der Waals surface area contributed by atoms with Gasteiger partial charge in [-0.1, -0.05) is 55.0 Å². The molecule has 2 aromatic heterocycles. The Morgan fingerprint density at radius 2 is 1.84 bits per heavy atom. The highest BCUT2D eigenvalue weighted by Crippen LogP contribution is 2.32. The van der Waals surface area contributed by atoms with Gasteiger partial charge in [0.15, 0.2) is 10.8 Å². The highest BCUT2D eigenvalue weighted by atomic mass is 32.1. The molecule has 1 aliphatic heterocycles. The normalized spacial score (nSPS) is 16.6. The number of hydrogen-bond donors (Lipinski definition) is 0. The highest BCUT2D eigenvalue weighted by molar-refractivity contribution is 7.18. The number of benzene rings is 1. The SMILES string of the molecule is CCCCn1c(CC2=CCc3ccccc32)nnc1-c1nnc(N2CCN(C)CC2)s1. The Morgan fingerprint density at radius 1 is 1.00 bits per heavy atom. The summed E-state index contributed by atoms with van der Waals surface area (Å²) < 4.78 is 2.26. The van der Waals surface area contributed by atoms with Crippen LogP contribution in [-0.4, -0.2) is 63.1 Å².